The van der Waals surface area contributed by atoms with Gasteiger partial charge in [0.25, 0.3) is 11.8 Å². The van der Waals surface area contributed by atoms with Crippen LogP contribution in [0.15, 0.2) is 66.4 Å². The summed E-state index contributed by atoms with van der Waals surface area (Å²) in [6.45, 7) is 3.84. The Morgan fingerprint density at radius 3 is 2.15 bits per heavy atom. The third kappa shape index (κ3) is 4.09. The van der Waals surface area contributed by atoms with Gasteiger partial charge in [-0.1, -0.05) is 18.2 Å². The zero-order valence-electron chi connectivity index (χ0n) is 18.7. The molecule has 5 nitrogen and oxygen atoms in total. The minimum Gasteiger partial charge on any atom is -0.378 e. The van der Waals surface area contributed by atoms with Crippen LogP contribution in [0.5, 0.6) is 0 Å². The van der Waals surface area contributed by atoms with Gasteiger partial charge in [0, 0.05) is 31.5 Å². The van der Waals surface area contributed by atoms with Gasteiger partial charge in [-0.25, -0.2) is 13.7 Å². The molecule has 0 spiro atoms. The zero-order valence-corrected chi connectivity index (χ0v) is 18.7. The molecule has 3 aromatic rings. The molecule has 0 radical (unpaired) electrons. The summed E-state index contributed by atoms with van der Waals surface area (Å²) in [6, 6.07) is 15.4. The largest absolute Gasteiger partial charge is 0.378 e. The fourth-order valence-electron chi connectivity index (χ4n) is 3.67. The number of nitrogens with one attached hydrogen (secondary N) is 1. The maximum absolute atomic E-state index is 14.5. The average molecular weight is 447 g/mol. The number of aryl methyl sites for hydroxylation is 2. The van der Waals surface area contributed by atoms with Crippen molar-refractivity contribution in [3.05, 3.63) is 94.7 Å². The number of halogens is 2. The minimum absolute atomic E-state index is 0.00418. The lowest BCUT2D eigenvalue weighted by atomic mass is 9.99. The lowest BCUT2D eigenvalue weighted by molar-refractivity contribution is -0.120. The standard InChI is InChI=1S/C26H23F2N3O2/c1-15-5-6-17(13-16(15)2)23-24(29-19-8-10-20(11-9-19)30(3)4)26(33)31(25(23)32)22-14-18(27)7-12-21(22)28/h5-14,29H,1-4H3. The van der Waals surface area contributed by atoms with Crippen molar-refractivity contribution < 1.29 is 18.4 Å². The van der Waals surface area contributed by atoms with E-state index in [0.29, 0.717) is 16.2 Å². The van der Waals surface area contributed by atoms with E-state index in [1.807, 2.05) is 51.0 Å². The second-order valence-electron chi connectivity index (χ2n) is 8.16. The van der Waals surface area contributed by atoms with Crippen molar-refractivity contribution in [2.75, 3.05) is 29.2 Å². The quantitative estimate of drug-likeness (QED) is 0.557. The minimum atomic E-state index is -0.867. The fraction of sp³-hybridized carbons (Fsp3) is 0.154. The van der Waals surface area contributed by atoms with Crippen molar-refractivity contribution in [3.8, 4) is 0 Å². The average Bonchev–Trinajstić information content (AvgIpc) is 3.01. The first-order valence-corrected chi connectivity index (χ1v) is 10.4. The number of hydrogen-bond acceptors (Lipinski definition) is 4. The molecule has 168 valence electrons. The highest BCUT2D eigenvalue weighted by atomic mass is 19.1. The van der Waals surface area contributed by atoms with Crippen LogP contribution in [0.3, 0.4) is 0 Å². The van der Waals surface area contributed by atoms with Gasteiger partial charge in [0.05, 0.1) is 11.3 Å². The van der Waals surface area contributed by atoms with Crippen molar-refractivity contribution in [1.29, 1.82) is 0 Å². The Labute approximate surface area is 190 Å². The second-order valence-corrected chi connectivity index (χ2v) is 8.16. The van der Waals surface area contributed by atoms with Crippen LogP contribution in [0.4, 0.5) is 25.8 Å². The normalized spacial score (nSPS) is 13.7. The van der Waals surface area contributed by atoms with Crippen molar-refractivity contribution in [2.24, 2.45) is 0 Å². The van der Waals surface area contributed by atoms with E-state index in [9.17, 15) is 18.4 Å². The number of benzene rings is 3. The van der Waals surface area contributed by atoms with Crippen molar-refractivity contribution in [2.45, 2.75) is 13.8 Å². The molecule has 0 saturated heterocycles. The molecule has 1 heterocycles. The van der Waals surface area contributed by atoms with E-state index >= 15 is 0 Å². The maximum atomic E-state index is 14.5. The van der Waals surface area contributed by atoms with Crippen LogP contribution in [-0.2, 0) is 9.59 Å². The van der Waals surface area contributed by atoms with Gasteiger partial charge < -0.3 is 10.2 Å². The smallest absolute Gasteiger partial charge is 0.282 e. The van der Waals surface area contributed by atoms with E-state index in [0.717, 1.165) is 35.0 Å². The predicted molar refractivity (Wildman–Crippen MR) is 126 cm³/mol. The molecule has 1 aliphatic heterocycles. The van der Waals surface area contributed by atoms with Crippen LogP contribution in [0.2, 0.25) is 0 Å². The fourth-order valence-corrected chi connectivity index (χ4v) is 3.67. The zero-order chi connectivity index (χ0) is 23.9. The van der Waals surface area contributed by atoms with Gasteiger partial charge in [0.1, 0.15) is 17.3 Å². The lowest BCUT2D eigenvalue weighted by Crippen LogP contribution is -2.33. The van der Waals surface area contributed by atoms with E-state index in [1.54, 1.807) is 24.3 Å². The summed E-state index contributed by atoms with van der Waals surface area (Å²) in [4.78, 5) is 29.4. The van der Waals surface area contributed by atoms with Gasteiger partial charge in [-0.3, -0.25) is 9.59 Å². The summed E-state index contributed by atoms with van der Waals surface area (Å²) in [6.07, 6.45) is 0. The van der Waals surface area contributed by atoms with Gasteiger partial charge in [0.2, 0.25) is 0 Å². The van der Waals surface area contributed by atoms with Crippen LogP contribution >= 0.6 is 0 Å². The van der Waals surface area contributed by atoms with E-state index in [-0.39, 0.29) is 11.3 Å². The summed E-state index contributed by atoms with van der Waals surface area (Å²) in [5.41, 5.74) is 3.70. The third-order valence-electron chi connectivity index (χ3n) is 5.68. The van der Waals surface area contributed by atoms with Crippen molar-refractivity contribution >= 4 is 34.4 Å². The highest BCUT2D eigenvalue weighted by molar-refractivity contribution is 6.46. The number of imide groups is 1. The molecule has 0 aromatic heterocycles. The van der Waals surface area contributed by atoms with Gasteiger partial charge >= 0.3 is 0 Å². The monoisotopic (exact) mass is 447 g/mol. The van der Waals surface area contributed by atoms with Crippen molar-refractivity contribution in [1.82, 2.24) is 0 Å². The molecule has 1 aliphatic rings. The van der Waals surface area contributed by atoms with Crippen LogP contribution in [-0.4, -0.2) is 25.9 Å². The van der Waals surface area contributed by atoms with Crippen molar-refractivity contribution in [3.63, 3.8) is 0 Å². The van der Waals surface area contributed by atoms with Gasteiger partial charge in [-0.15, -0.1) is 0 Å². The Hall–Kier alpha value is -4.00. The molecule has 2 amide bonds. The second kappa shape index (κ2) is 8.50. The molecule has 0 unspecified atom stereocenters. The Balaban J connectivity index is 1.83. The molecule has 33 heavy (non-hydrogen) atoms. The number of nitrogens with zero attached hydrogens (tertiary/aromatic N) is 2. The third-order valence-corrected chi connectivity index (χ3v) is 5.68. The van der Waals surface area contributed by atoms with Gasteiger partial charge in [-0.2, -0.15) is 0 Å². The summed E-state index contributed by atoms with van der Waals surface area (Å²) < 4.78 is 28.4. The first-order valence-electron chi connectivity index (χ1n) is 10.4. The molecule has 0 atom stereocenters. The first-order chi connectivity index (χ1) is 15.7. The molecular weight excluding hydrogens is 424 g/mol. The van der Waals surface area contributed by atoms with Crippen LogP contribution < -0.4 is 15.1 Å². The van der Waals surface area contributed by atoms with Gasteiger partial charge in [0.15, 0.2) is 0 Å². The summed E-state index contributed by atoms with van der Waals surface area (Å²) in [5, 5.41) is 3.04. The van der Waals surface area contributed by atoms with E-state index < -0.39 is 29.1 Å². The van der Waals surface area contributed by atoms with E-state index in [2.05, 4.69) is 5.32 Å². The molecule has 7 heteroatoms. The van der Waals surface area contributed by atoms with E-state index in [1.165, 1.54) is 0 Å². The molecular formula is C26H23F2N3O2. The topological polar surface area (TPSA) is 52.7 Å². The summed E-state index contributed by atoms with van der Waals surface area (Å²) in [5.74, 6) is -3.09. The molecule has 0 aliphatic carbocycles. The Morgan fingerprint density at radius 1 is 0.818 bits per heavy atom. The Bertz CT molecular complexity index is 1300. The predicted octanol–water partition coefficient (Wildman–Crippen LogP) is 5.04. The SMILES string of the molecule is Cc1ccc(C2=C(Nc3ccc(N(C)C)cc3)C(=O)N(c3cc(F)ccc3F)C2=O)cc1C. The molecule has 1 N–H and O–H groups in total. The number of hydrogen-bond donors (Lipinski definition) is 1. The highest BCUT2D eigenvalue weighted by Gasteiger charge is 2.41. The summed E-state index contributed by atoms with van der Waals surface area (Å²) >= 11 is 0. The molecule has 0 bridgehead atoms. The molecule has 3 aromatic carbocycles. The molecule has 4 rings (SSSR count). The lowest BCUT2D eigenvalue weighted by Gasteiger charge is -2.16. The Morgan fingerprint density at radius 2 is 1.52 bits per heavy atom. The van der Waals surface area contributed by atoms with Crippen LogP contribution in [0.25, 0.3) is 5.57 Å². The summed E-state index contributed by atoms with van der Waals surface area (Å²) in [7, 11) is 3.82. The maximum Gasteiger partial charge on any atom is 0.282 e. The first kappa shape index (κ1) is 22.2. The number of amides is 2. The molecule has 0 saturated carbocycles. The highest BCUT2D eigenvalue weighted by Crippen LogP contribution is 2.35. The van der Waals surface area contributed by atoms with Gasteiger partial charge in [-0.05, 0) is 66.9 Å². The van der Waals surface area contributed by atoms with Crippen LogP contribution in [0.1, 0.15) is 16.7 Å². The molecule has 0 fully saturated rings. The van der Waals surface area contributed by atoms with Crippen LogP contribution in [0, 0.1) is 25.5 Å². The number of carbonyl (C=O) groups excluding carboxylic acids is 2. The number of anilines is 3. The van der Waals surface area contributed by atoms with E-state index in [4.69, 9.17) is 0 Å². The number of carbonyl (C=O) groups is 2. The Kier molecular flexibility index (Phi) is 5.72. The number of rotatable bonds is 5.